The van der Waals surface area contributed by atoms with Crippen LogP contribution in [0.5, 0.6) is 0 Å². The van der Waals surface area contributed by atoms with Crippen LogP contribution in [0.1, 0.15) is 22.3 Å². The Morgan fingerprint density at radius 2 is 2.35 bits per heavy atom. The van der Waals surface area contributed by atoms with Gasteiger partial charge in [0.15, 0.2) is 0 Å². The molecule has 1 atom stereocenters. The number of ether oxygens (including phenoxy) is 1. The third-order valence-corrected chi connectivity index (χ3v) is 4.84. The molecule has 5 heteroatoms. The van der Waals surface area contributed by atoms with E-state index in [9.17, 15) is 4.79 Å². The Kier molecular flexibility index (Phi) is 5.31. The topological polar surface area (TPSA) is 55.6 Å². The minimum atomic E-state index is 0.0238. The number of para-hydroxylation sites is 1. The van der Waals surface area contributed by atoms with Crippen molar-refractivity contribution in [3.8, 4) is 0 Å². The molecule has 20 heavy (non-hydrogen) atoms. The minimum Gasteiger partial charge on any atom is -0.398 e. The van der Waals surface area contributed by atoms with Crippen molar-refractivity contribution in [1.29, 1.82) is 0 Å². The highest BCUT2D eigenvalue weighted by Crippen LogP contribution is 2.26. The SMILES string of the molecule is COCCN(C(=O)c1cccc(C)c1N)C1CCSC1. The van der Waals surface area contributed by atoms with Crippen LogP contribution in [0, 0.1) is 6.92 Å². The first-order chi connectivity index (χ1) is 9.65. The molecule has 1 amide bonds. The van der Waals surface area contributed by atoms with Gasteiger partial charge in [0, 0.05) is 31.1 Å². The van der Waals surface area contributed by atoms with Crippen LogP contribution in [0.4, 0.5) is 5.69 Å². The van der Waals surface area contributed by atoms with E-state index < -0.39 is 0 Å². The van der Waals surface area contributed by atoms with E-state index in [0.29, 0.717) is 30.4 Å². The molecular weight excluding hydrogens is 272 g/mol. The molecule has 0 saturated carbocycles. The van der Waals surface area contributed by atoms with Crippen LogP contribution in [0.3, 0.4) is 0 Å². The third-order valence-electron chi connectivity index (χ3n) is 3.70. The number of anilines is 1. The van der Waals surface area contributed by atoms with Crippen LogP contribution >= 0.6 is 11.8 Å². The van der Waals surface area contributed by atoms with E-state index in [4.69, 9.17) is 10.5 Å². The van der Waals surface area contributed by atoms with Gasteiger partial charge in [0.25, 0.3) is 5.91 Å². The van der Waals surface area contributed by atoms with Crippen molar-refractivity contribution in [3.05, 3.63) is 29.3 Å². The summed E-state index contributed by atoms with van der Waals surface area (Å²) >= 11 is 1.90. The molecule has 1 fully saturated rings. The smallest absolute Gasteiger partial charge is 0.256 e. The third kappa shape index (κ3) is 3.27. The fourth-order valence-electron chi connectivity index (χ4n) is 2.43. The highest BCUT2D eigenvalue weighted by Gasteiger charge is 2.28. The quantitative estimate of drug-likeness (QED) is 0.846. The Morgan fingerprint density at radius 3 is 3.00 bits per heavy atom. The number of nitrogens with zero attached hydrogens (tertiary/aromatic N) is 1. The number of hydrogen-bond donors (Lipinski definition) is 1. The van der Waals surface area contributed by atoms with Crippen molar-refractivity contribution < 1.29 is 9.53 Å². The lowest BCUT2D eigenvalue weighted by atomic mass is 10.1. The first-order valence-electron chi connectivity index (χ1n) is 6.88. The molecule has 1 saturated heterocycles. The predicted octanol–water partition coefficient (Wildman–Crippen LogP) is 2.17. The zero-order valence-corrected chi connectivity index (χ0v) is 12.9. The van der Waals surface area contributed by atoms with Crippen molar-refractivity contribution >= 4 is 23.4 Å². The molecule has 2 rings (SSSR count). The molecule has 1 aliphatic rings. The van der Waals surface area contributed by atoms with E-state index >= 15 is 0 Å². The van der Waals surface area contributed by atoms with Gasteiger partial charge in [-0.05, 0) is 30.7 Å². The fourth-order valence-corrected chi connectivity index (χ4v) is 3.65. The molecular formula is C15H22N2O2S. The van der Waals surface area contributed by atoms with Crippen LogP contribution in [-0.4, -0.2) is 48.6 Å². The normalized spacial score (nSPS) is 18.2. The van der Waals surface area contributed by atoms with Crippen molar-refractivity contribution in [2.45, 2.75) is 19.4 Å². The number of thioether (sulfide) groups is 1. The lowest BCUT2D eigenvalue weighted by Gasteiger charge is -2.29. The van der Waals surface area contributed by atoms with E-state index in [0.717, 1.165) is 23.5 Å². The van der Waals surface area contributed by atoms with Crippen molar-refractivity contribution in [2.75, 3.05) is 37.5 Å². The minimum absolute atomic E-state index is 0.0238. The van der Waals surface area contributed by atoms with E-state index in [-0.39, 0.29) is 5.91 Å². The molecule has 0 radical (unpaired) electrons. The number of nitrogens with two attached hydrogens (primary N) is 1. The molecule has 1 aromatic carbocycles. The van der Waals surface area contributed by atoms with Crippen LogP contribution in [0.2, 0.25) is 0 Å². The first-order valence-corrected chi connectivity index (χ1v) is 8.03. The van der Waals surface area contributed by atoms with E-state index in [1.807, 2.05) is 41.8 Å². The summed E-state index contributed by atoms with van der Waals surface area (Å²) in [5.41, 5.74) is 8.21. The summed E-state index contributed by atoms with van der Waals surface area (Å²) in [7, 11) is 1.66. The molecule has 0 aromatic heterocycles. The van der Waals surface area contributed by atoms with Gasteiger partial charge in [0.1, 0.15) is 0 Å². The van der Waals surface area contributed by atoms with Gasteiger partial charge in [-0.25, -0.2) is 0 Å². The molecule has 1 unspecified atom stereocenters. The molecule has 1 heterocycles. The zero-order valence-electron chi connectivity index (χ0n) is 12.1. The van der Waals surface area contributed by atoms with Crippen LogP contribution < -0.4 is 5.73 Å². The van der Waals surface area contributed by atoms with Crippen molar-refractivity contribution in [1.82, 2.24) is 4.90 Å². The lowest BCUT2D eigenvalue weighted by Crippen LogP contribution is -2.42. The van der Waals surface area contributed by atoms with Gasteiger partial charge in [-0.15, -0.1) is 0 Å². The van der Waals surface area contributed by atoms with Crippen LogP contribution in [-0.2, 0) is 4.74 Å². The summed E-state index contributed by atoms with van der Waals surface area (Å²) in [5, 5.41) is 0. The number of rotatable bonds is 5. The Labute approximate surface area is 124 Å². The number of carbonyl (C=O) groups excluding carboxylic acids is 1. The van der Waals surface area contributed by atoms with Gasteiger partial charge in [-0.1, -0.05) is 12.1 Å². The van der Waals surface area contributed by atoms with Gasteiger partial charge in [-0.2, -0.15) is 11.8 Å². The summed E-state index contributed by atoms with van der Waals surface area (Å²) in [6.07, 6.45) is 1.05. The van der Waals surface area contributed by atoms with E-state index in [1.165, 1.54) is 0 Å². The second kappa shape index (κ2) is 6.99. The van der Waals surface area contributed by atoms with E-state index in [2.05, 4.69) is 0 Å². The van der Waals surface area contributed by atoms with Crippen molar-refractivity contribution in [3.63, 3.8) is 0 Å². The summed E-state index contributed by atoms with van der Waals surface area (Å²) in [6.45, 7) is 3.10. The maximum Gasteiger partial charge on any atom is 0.256 e. The highest BCUT2D eigenvalue weighted by molar-refractivity contribution is 7.99. The number of aryl methyl sites for hydroxylation is 1. The largest absolute Gasteiger partial charge is 0.398 e. The summed E-state index contributed by atoms with van der Waals surface area (Å²) < 4.78 is 5.14. The maximum absolute atomic E-state index is 12.8. The van der Waals surface area contributed by atoms with Gasteiger partial charge in [0.05, 0.1) is 12.2 Å². The molecule has 0 bridgehead atoms. The monoisotopic (exact) mass is 294 g/mol. The summed E-state index contributed by atoms with van der Waals surface area (Å²) in [5.74, 6) is 2.14. The molecule has 1 aromatic rings. The number of amides is 1. The molecule has 1 aliphatic heterocycles. The van der Waals surface area contributed by atoms with Gasteiger partial charge in [-0.3, -0.25) is 4.79 Å². The van der Waals surface area contributed by atoms with Gasteiger partial charge < -0.3 is 15.4 Å². The zero-order chi connectivity index (χ0) is 14.5. The van der Waals surface area contributed by atoms with Gasteiger partial charge in [0.2, 0.25) is 0 Å². The first kappa shape index (κ1) is 15.2. The summed E-state index contributed by atoms with van der Waals surface area (Å²) in [4.78, 5) is 14.7. The maximum atomic E-state index is 12.8. The molecule has 0 spiro atoms. The van der Waals surface area contributed by atoms with Crippen LogP contribution in [0.15, 0.2) is 18.2 Å². The number of methoxy groups -OCH3 is 1. The van der Waals surface area contributed by atoms with Crippen LogP contribution in [0.25, 0.3) is 0 Å². The van der Waals surface area contributed by atoms with Gasteiger partial charge >= 0.3 is 0 Å². The average Bonchev–Trinajstić information content (AvgIpc) is 2.96. The molecule has 0 aliphatic carbocycles. The fraction of sp³-hybridized carbons (Fsp3) is 0.533. The Bertz CT molecular complexity index is 473. The van der Waals surface area contributed by atoms with Crippen molar-refractivity contribution in [2.24, 2.45) is 0 Å². The summed E-state index contributed by atoms with van der Waals surface area (Å²) in [6, 6.07) is 5.92. The number of carbonyl (C=O) groups is 1. The standard InChI is InChI=1S/C15H22N2O2S/c1-11-4-3-5-13(14(11)16)15(18)17(7-8-19-2)12-6-9-20-10-12/h3-5,12H,6-10,16H2,1-2H3. The lowest BCUT2D eigenvalue weighted by molar-refractivity contribution is 0.0625. The number of benzene rings is 1. The number of hydrogen-bond acceptors (Lipinski definition) is 4. The second-order valence-corrected chi connectivity index (χ2v) is 6.19. The Morgan fingerprint density at radius 1 is 1.55 bits per heavy atom. The van der Waals surface area contributed by atoms with E-state index in [1.54, 1.807) is 7.11 Å². The Balaban J connectivity index is 2.22. The molecule has 4 nitrogen and oxygen atoms in total. The Hall–Kier alpha value is -1.20. The predicted molar refractivity (Wildman–Crippen MR) is 84.2 cm³/mol. The highest BCUT2D eigenvalue weighted by atomic mass is 32.2. The number of nitrogen functional groups attached to an aromatic ring is 1. The average molecular weight is 294 g/mol. The molecule has 2 N–H and O–H groups in total. The molecule has 110 valence electrons. The second-order valence-electron chi connectivity index (χ2n) is 5.04.